The highest BCUT2D eigenvalue weighted by Crippen LogP contribution is 2.33. The molecule has 2 nitrogen and oxygen atoms in total. The van der Waals surface area contributed by atoms with Gasteiger partial charge in [-0.25, -0.2) is 0 Å². The van der Waals surface area contributed by atoms with Crippen LogP contribution in [0.25, 0.3) is 0 Å². The van der Waals surface area contributed by atoms with Gasteiger partial charge in [-0.15, -0.1) is 0 Å². The Bertz CT molecular complexity index is 231. The van der Waals surface area contributed by atoms with Gasteiger partial charge in [-0.1, -0.05) is 33.6 Å². The van der Waals surface area contributed by atoms with Crippen LogP contribution >= 0.6 is 0 Å². The van der Waals surface area contributed by atoms with Gasteiger partial charge < -0.3 is 5.32 Å². The Morgan fingerprint density at radius 3 is 2.59 bits per heavy atom. The smallest absolute Gasteiger partial charge is 0.0309 e. The van der Waals surface area contributed by atoms with E-state index in [4.69, 9.17) is 0 Å². The number of nitrogens with one attached hydrogen (secondary N) is 1. The molecule has 0 aromatic carbocycles. The van der Waals surface area contributed by atoms with Gasteiger partial charge >= 0.3 is 0 Å². The SMILES string of the molecule is CCC1CNC2(CCCC2)CN1CCC(C)C. The van der Waals surface area contributed by atoms with Gasteiger partial charge in [0.25, 0.3) is 0 Å². The molecule has 1 unspecified atom stereocenters. The topological polar surface area (TPSA) is 15.3 Å². The number of piperazine rings is 1. The molecule has 0 amide bonds. The molecular weight excluding hydrogens is 208 g/mol. The summed E-state index contributed by atoms with van der Waals surface area (Å²) in [4.78, 5) is 2.78. The quantitative estimate of drug-likeness (QED) is 0.810. The predicted octanol–water partition coefficient (Wildman–Crippen LogP) is 3.03. The Balaban J connectivity index is 1.93. The molecule has 1 spiro atoms. The molecule has 0 aromatic heterocycles. The minimum absolute atomic E-state index is 0.489. The zero-order valence-electron chi connectivity index (χ0n) is 12.0. The van der Waals surface area contributed by atoms with E-state index in [1.54, 1.807) is 0 Å². The minimum Gasteiger partial charge on any atom is -0.308 e. The first-order valence-corrected chi connectivity index (χ1v) is 7.64. The molecule has 1 aliphatic heterocycles. The van der Waals surface area contributed by atoms with Gasteiger partial charge in [0.1, 0.15) is 0 Å². The fraction of sp³-hybridized carbons (Fsp3) is 1.00. The van der Waals surface area contributed by atoms with E-state index in [1.807, 2.05) is 0 Å². The summed E-state index contributed by atoms with van der Waals surface area (Å²) in [5.74, 6) is 0.835. The van der Waals surface area contributed by atoms with Gasteiger partial charge in [0.05, 0.1) is 0 Å². The lowest BCUT2D eigenvalue weighted by Crippen LogP contribution is -2.63. The van der Waals surface area contributed by atoms with Crippen molar-refractivity contribution in [3.63, 3.8) is 0 Å². The number of nitrogens with zero attached hydrogens (tertiary/aromatic N) is 1. The fourth-order valence-corrected chi connectivity index (χ4v) is 3.51. The molecule has 0 radical (unpaired) electrons. The lowest BCUT2D eigenvalue weighted by molar-refractivity contribution is 0.0743. The molecule has 2 aliphatic rings. The predicted molar refractivity (Wildman–Crippen MR) is 74.3 cm³/mol. The highest BCUT2D eigenvalue weighted by molar-refractivity contribution is 5.00. The van der Waals surface area contributed by atoms with Gasteiger partial charge in [-0.05, 0) is 38.1 Å². The Morgan fingerprint density at radius 1 is 1.29 bits per heavy atom. The van der Waals surface area contributed by atoms with Crippen molar-refractivity contribution in [3.8, 4) is 0 Å². The highest BCUT2D eigenvalue weighted by Gasteiger charge is 2.40. The summed E-state index contributed by atoms with van der Waals surface area (Å²) in [5.41, 5.74) is 0.489. The number of rotatable bonds is 4. The highest BCUT2D eigenvalue weighted by atomic mass is 15.3. The van der Waals surface area contributed by atoms with Crippen molar-refractivity contribution in [3.05, 3.63) is 0 Å². The first-order valence-electron chi connectivity index (χ1n) is 7.64. The van der Waals surface area contributed by atoms with Crippen molar-refractivity contribution >= 4 is 0 Å². The molecule has 1 saturated carbocycles. The second-order valence-electron chi connectivity index (χ2n) is 6.58. The Hall–Kier alpha value is -0.0800. The van der Waals surface area contributed by atoms with Gasteiger partial charge in [-0.3, -0.25) is 4.90 Å². The van der Waals surface area contributed by atoms with E-state index in [2.05, 4.69) is 31.0 Å². The first kappa shape index (κ1) is 13.4. The molecule has 0 aromatic rings. The molecule has 17 heavy (non-hydrogen) atoms. The maximum absolute atomic E-state index is 3.87. The number of hydrogen-bond donors (Lipinski definition) is 1. The average Bonchev–Trinajstić information content (AvgIpc) is 2.75. The van der Waals surface area contributed by atoms with Crippen LogP contribution in [0.15, 0.2) is 0 Å². The molecule has 0 bridgehead atoms. The third-order valence-electron chi connectivity index (χ3n) is 4.76. The fourth-order valence-electron chi connectivity index (χ4n) is 3.51. The van der Waals surface area contributed by atoms with E-state index < -0.39 is 0 Å². The second-order valence-corrected chi connectivity index (χ2v) is 6.58. The molecular formula is C15H30N2. The van der Waals surface area contributed by atoms with Crippen LogP contribution in [0.5, 0.6) is 0 Å². The largest absolute Gasteiger partial charge is 0.308 e. The van der Waals surface area contributed by atoms with Crippen molar-refractivity contribution < 1.29 is 0 Å². The summed E-state index contributed by atoms with van der Waals surface area (Å²) in [6.45, 7) is 10.8. The lowest BCUT2D eigenvalue weighted by atomic mass is 9.91. The average molecular weight is 238 g/mol. The van der Waals surface area contributed by atoms with Gasteiger partial charge in [-0.2, -0.15) is 0 Å². The zero-order chi connectivity index (χ0) is 12.3. The summed E-state index contributed by atoms with van der Waals surface area (Å²) in [6.07, 6.45) is 8.32. The van der Waals surface area contributed by atoms with E-state index in [1.165, 1.54) is 58.2 Å². The second kappa shape index (κ2) is 5.71. The Kier molecular flexibility index (Phi) is 4.48. The molecule has 2 rings (SSSR count). The zero-order valence-corrected chi connectivity index (χ0v) is 12.0. The van der Waals surface area contributed by atoms with Crippen LogP contribution in [-0.2, 0) is 0 Å². The van der Waals surface area contributed by atoms with Crippen LogP contribution in [-0.4, -0.2) is 36.1 Å². The van der Waals surface area contributed by atoms with Crippen LogP contribution < -0.4 is 5.32 Å². The summed E-state index contributed by atoms with van der Waals surface area (Å²) in [6, 6.07) is 0.778. The van der Waals surface area contributed by atoms with Crippen LogP contribution in [0.4, 0.5) is 0 Å². The maximum Gasteiger partial charge on any atom is 0.0309 e. The molecule has 100 valence electrons. The first-order chi connectivity index (χ1) is 8.15. The molecule has 1 aliphatic carbocycles. The van der Waals surface area contributed by atoms with Crippen LogP contribution in [0.1, 0.15) is 59.3 Å². The molecule has 2 heteroatoms. The monoisotopic (exact) mass is 238 g/mol. The lowest BCUT2D eigenvalue weighted by Gasteiger charge is -2.46. The van der Waals surface area contributed by atoms with Crippen molar-refractivity contribution in [2.45, 2.75) is 70.9 Å². The Morgan fingerprint density at radius 2 is 2.00 bits per heavy atom. The maximum atomic E-state index is 3.87. The van der Waals surface area contributed by atoms with E-state index >= 15 is 0 Å². The van der Waals surface area contributed by atoms with Crippen molar-refractivity contribution in [1.82, 2.24) is 10.2 Å². The molecule has 1 heterocycles. The van der Waals surface area contributed by atoms with E-state index in [0.717, 1.165) is 12.0 Å². The van der Waals surface area contributed by atoms with Gasteiger partial charge in [0.15, 0.2) is 0 Å². The number of hydrogen-bond acceptors (Lipinski definition) is 2. The van der Waals surface area contributed by atoms with Gasteiger partial charge in [0.2, 0.25) is 0 Å². The molecule has 2 fully saturated rings. The molecule has 1 atom stereocenters. The van der Waals surface area contributed by atoms with Crippen LogP contribution in [0, 0.1) is 5.92 Å². The van der Waals surface area contributed by atoms with E-state index in [0.29, 0.717) is 5.54 Å². The summed E-state index contributed by atoms with van der Waals surface area (Å²) >= 11 is 0. The van der Waals surface area contributed by atoms with E-state index in [-0.39, 0.29) is 0 Å². The van der Waals surface area contributed by atoms with E-state index in [9.17, 15) is 0 Å². The van der Waals surface area contributed by atoms with Crippen molar-refractivity contribution in [2.24, 2.45) is 5.92 Å². The van der Waals surface area contributed by atoms with Crippen LogP contribution in [0.2, 0.25) is 0 Å². The standard InChI is InChI=1S/C15H30N2/c1-4-14-11-16-15(8-5-6-9-15)12-17(14)10-7-13(2)3/h13-14,16H,4-12H2,1-3H3. The third kappa shape index (κ3) is 3.23. The summed E-state index contributed by atoms with van der Waals surface area (Å²) in [5, 5.41) is 3.87. The molecule has 1 saturated heterocycles. The van der Waals surface area contributed by atoms with Crippen molar-refractivity contribution in [2.75, 3.05) is 19.6 Å². The Labute approximate surface area is 107 Å². The summed E-state index contributed by atoms with van der Waals surface area (Å²) < 4.78 is 0. The normalized spacial score (nSPS) is 29.3. The molecule has 1 N–H and O–H groups in total. The van der Waals surface area contributed by atoms with Crippen LogP contribution in [0.3, 0.4) is 0 Å². The van der Waals surface area contributed by atoms with Gasteiger partial charge in [0, 0.05) is 24.7 Å². The van der Waals surface area contributed by atoms with Crippen molar-refractivity contribution in [1.29, 1.82) is 0 Å². The third-order valence-corrected chi connectivity index (χ3v) is 4.76. The summed E-state index contributed by atoms with van der Waals surface area (Å²) in [7, 11) is 0. The minimum atomic E-state index is 0.489.